The molecule has 0 aromatic rings. The first-order chi connectivity index (χ1) is 33.5. The average Bonchev–Trinajstić information content (AvgIpc) is 3.34. The molecular weight excluding hydrogens is 841 g/mol. The molecule has 0 aromatic carbocycles. The summed E-state index contributed by atoms with van der Waals surface area (Å²) in [4.78, 5) is 38.1. The van der Waals surface area contributed by atoms with Crippen LogP contribution >= 0.6 is 0 Å². The van der Waals surface area contributed by atoms with Crippen LogP contribution < -0.4 is 0 Å². The Labute approximate surface area is 419 Å². The van der Waals surface area contributed by atoms with Crippen LogP contribution in [0.4, 0.5) is 0 Å². The lowest BCUT2D eigenvalue weighted by Gasteiger charge is -2.18. The number of carbonyl (C=O) groups is 3. The van der Waals surface area contributed by atoms with Crippen LogP contribution in [-0.2, 0) is 28.6 Å². The van der Waals surface area contributed by atoms with Crippen molar-refractivity contribution in [3.63, 3.8) is 0 Å². The maximum atomic E-state index is 12.8. The molecule has 0 aliphatic heterocycles. The molecule has 0 aromatic heterocycles. The fraction of sp³-hybridized carbons (Fsp3) is 0.661. The summed E-state index contributed by atoms with van der Waals surface area (Å²) in [5, 5.41) is 0. The van der Waals surface area contributed by atoms with Gasteiger partial charge in [0.25, 0.3) is 0 Å². The summed E-state index contributed by atoms with van der Waals surface area (Å²) in [5.74, 6) is -0.960. The van der Waals surface area contributed by atoms with Gasteiger partial charge in [-0.1, -0.05) is 246 Å². The van der Waals surface area contributed by atoms with Crippen molar-refractivity contribution in [2.24, 2.45) is 0 Å². The molecule has 0 rings (SSSR count). The molecular formula is C62H102O6. The smallest absolute Gasteiger partial charge is 0.306 e. The van der Waals surface area contributed by atoms with Crippen LogP contribution in [0.1, 0.15) is 245 Å². The first-order valence-electron chi connectivity index (χ1n) is 28.0. The van der Waals surface area contributed by atoms with Crippen LogP contribution in [0.3, 0.4) is 0 Å². The summed E-state index contributed by atoms with van der Waals surface area (Å²) in [6, 6.07) is 0. The number of allylic oxidation sites excluding steroid dienone is 18. The van der Waals surface area contributed by atoms with E-state index in [4.69, 9.17) is 14.2 Å². The quantitative estimate of drug-likeness (QED) is 0.0199. The molecule has 1 unspecified atom stereocenters. The van der Waals surface area contributed by atoms with E-state index in [-0.39, 0.29) is 37.5 Å². The van der Waals surface area contributed by atoms with Gasteiger partial charge in [-0.25, -0.2) is 0 Å². The lowest BCUT2D eigenvalue weighted by molar-refractivity contribution is -0.167. The topological polar surface area (TPSA) is 78.9 Å². The van der Waals surface area contributed by atoms with Crippen molar-refractivity contribution < 1.29 is 28.6 Å². The minimum Gasteiger partial charge on any atom is -0.462 e. The van der Waals surface area contributed by atoms with Gasteiger partial charge < -0.3 is 14.2 Å². The van der Waals surface area contributed by atoms with E-state index in [2.05, 4.69) is 69.4 Å². The second kappa shape index (κ2) is 55.7. The highest BCUT2D eigenvalue weighted by atomic mass is 16.6. The maximum Gasteiger partial charge on any atom is 0.306 e. The molecule has 6 heteroatoms. The Morgan fingerprint density at radius 2 is 0.647 bits per heavy atom. The van der Waals surface area contributed by atoms with E-state index in [1.165, 1.54) is 116 Å². The molecule has 0 fully saturated rings. The summed E-state index contributed by atoms with van der Waals surface area (Å²) in [6.07, 6.45) is 75.0. The second-order valence-electron chi connectivity index (χ2n) is 18.2. The van der Waals surface area contributed by atoms with Crippen molar-refractivity contribution >= 4 is 17.9 Å². The zero-order valence-corrected chi connectivity index (χ0v) is 44.1. The average molecular weight is 943 g/mol. The number of esters is 3. The molecule has 0 saturated carbocycles. The molecule has 1 atom stereocenters. The Bertz CT molecular complexity index is 1410. The van der Waals surface area contributed by atoms with Crippen molar-refractivity contribution in [3.8, 4) is 0 Å². The zero-order chi connectivity index (χ0) is 49.3. The molecule has 0 radical (unpaired) electrons. The van der Waals surface area contributed by atoms with Crippen LogP contribution in [-0.4, -0.2) is 37.2 Å². The number of hydrogen-bond acceptors (Lipinski definition) is 6. The molecule has 0 amide bonds. The van der Waals surface area contributed by atoms with E-state index < -0.39 is 6.10 Å². The van der Waals surface area contributed by atoms with E-state index in [0.717, 1.165) is 83.5 Å². The SMILES string of the molecule is CC\C=C/C=C\C=C/C=C\C=C\C=C/CCCCCC(=O)OC(COC(=O)CCCCCCCCC/C=C\C/C=C\CC)COC(=O)CCCCCCCCC/C=C\CCCCCCCCCC. The highest BCUT2D eigenvalue weighted by molar-refractivity contribution is 5.71. The third-order valence-corrected chi connectivity index (χ3v) is 11.7. The third kappa shape index (κ3) is 53.0. The number of ether oxygens (including phenoxy) is 3. The summed E-state index contributed by atoms with van der Waals surface area (Å²) in [7, 11) is 0. The van der Waals surface area contributed by atoms with Gasteiger partial charge in [-0.05, 0) is 89.9 Å². The number of hydrogen-bond donors (Lipinski definition) is 0. The van der Waals surface area contributed by atoms with E-state index in [9.17, 15) is 14.4 Å². The minimum atomic E-state index is -0.809. The van der Waals surface area contributed by atoms with Gasteiger partial charge >= 0.3 is 17.9 Å². The van der Waals surface area contributed by atoms with Gasteiger partial charge in [-0.15, -0.1) is 0 Å². The predicted molar refractivity (Wildman–Crippen MR) is 293 cm³/mol. The van der Waals surface area contributed by atoms with E-state index in [1.54, 1.807) is 0 Å². The van der Waals surface area contributed by atoms with Crippen molar-refractivity contribution in [1.29, 1.82) is 0 Å². The van der Waals surface area contributed by atoms with Gasteiger partial charge in [0.2, 0.25) is 0 Å². The molecule has 0 bridgehead atoms. The molecule has 68 heavy (non-hydrogen) atoms. The van der Waals surface area contributed by atoms with Gasteiger partial charge in [0.15, 0.2) is 6.10 Å². The van der Waals surface area contributed by atoms with Gasteiger partial charge in [-0.3, -0.25) is 14.4 Å². The summed E-state index contributed by atoms with van der Waals surface area (Å²) in [6.45, 7) is 6.34. The third-order valence-electron chi connectivity index (χ3n) is 11.7. The molecule has 0 heterocycles. The monoisotopic (exact) mass is 943 g/mol. The lowest BCUT2D eigenvalue weighted by Crippen LogP contribution is -2.30. The van der Waals surface area contributed by atoms with Gasteiger partial charge in [-0.2, -0.15) is 0 Å². The molecule has 386 valence electrons. The minimum absolute atomic E-state index is 0.103. The number of unbranched alkanes of at least 4 members (excludes halogenated alkanes) is 25. The molecule has 0 N–H and O–H groups in total. The number of carbonyl (C=O) groups excluding carboxylic acids is 3. The van der Waals surface area contributed by atoms with Crippen LogP contribution in [0.5, 0.6) is 0 Å². The van der Waals surface area contributed by atoms with Gasteiger partial charge in [0, 0.05) is 19.3 Å². The van der Waals surface area contributed by atoms with E-state index in [1.807, 2.05) is 60.8 Å². The second-order valence-corrected chi connectivity index (χ2v) is 18.2. The standard InChI is InChI=1S/C62H102O6/c1-4-7-10-13-16-19-22-25-28-30-31-33-34-37-40-43-46-49-52-55-61(64)67-58-59(57-66-60(63)54-51-48-45-42-39-36-27-24-21-18-15-12-9-6-3)68-62(65)56-53-50-47-44-41-38-35-32-29-26-23-20-17-14-11-8-5-2/h8-9,11-12,14,17-18,20-21,23,26,29-32,35,38,41,59H,4-7,10,13,15-16,19,22,24-25,27-28,33-34,36-37,39-40,42-58H2,1-3H3/b11-8-,12-9-,17-14-,21-18-,23-20-,29-26-,31-30-,35-32+,41-38-. The van der Waals surface area contributed by atoms with Crippen LogP contribution in [0, 0.1) is 0 Å². The highest BCUT2D eigenvalue weighted by Gasteiger charge is 2.19. The molecule has 0 spiro atoms. The first kappa shape index (κ1) is 64.1. The Hall–Kier alpha value is -3.93. The van der Waals surface area contributed by atoms with Crippen molar-refractivity contribution in [3.05, 3.63) is 109 Å². The fourth-order valence-electron chi connectivity index (χ4n) is 7.51. The summed E-state index contributed by atoms with van der Waals surface area (Å²) >= 11 is 0. The van der Waals surface area contributed by atoms with Crippen LogP contribution in [0.15, 0.2) is 109 Å². The molecule has 0 saturated heterocycles. The Kier molecular flexibility index (Phi) is 52.4. The number of rotatable bonds is 49. The van der Waals surface area contributed by atoms with Gasteiger partial charge in [0.1, 0.15) is 13.2 Å². The molecule has 0 aliphatic rings. The molecule has 6 nitrogen and oxygen atoms in total. The van der Waals surface area contributed by atoms with E-state index >= 15 is 0 Å². The normalized spacial score (nSPS) is 12.9. The summed E-state index contributed by atoms with van der Waals surface area (Å²) < 4.78 is 16.8. The lowest BCUT2D eigenvalue weighted by atomic mass is 10.1. The first-order valence-corrected chi connectivity index (χ1v) is 28.0. The van der Waals surface area contributed by atoms with Crippen molar-refractivity contribution in [1.82, 2.24) is 0 Å². The maximum absolute atomic E-state index is 12.8. The Balaban J connectivity index is 4.48. The van der Waals surface area contributed by atoms with Crippen molar-refractivity contribution in [2.45, 2.75) is 252 Å². The van der Waals surface area contributed by atoms with Crippen LogP contribution in [0.25, 0.3) is 0 Å². The molecule has 0 aliphatic carbocycles. The zero-order valence-electron chi connectivity index (χ0n) is 44.1. The Morgan fingerprint density at radius 1 is 0.324 bits per heavy atom. The largest absolute Gasteiger partial charge is 0.462 e. The van der Waals surface area contributed by atoms with E-state index in [0.29, 0.717) is 19.3 Å². The summed E-state index contributed by atoms with van der Waals surface area (Å²) in [5.41, 5.74) is 0. The Morgan fingerprint density at radius 3 is 1.09 bits per heavy atom. The predicted octanol–water partition coefficient (Wildman–Crippen LogP) is 18.7. The highest BCUT2D eigenvalue weighted by Crippen LogP contribution is 2.15. The van der Waals surface area contributed by atoms with Gasteiger partial charge in [0.05, 0.1) is 0 Å². The fourth-order valence-corrected chi connectivity index (χ4v) is 7.51. The van der Waals surface area contributed by atoms with Crippen molar-refractivity contribution in [2.75, 3.05) is 13.2 Å². The van der Waals surface area contributed by atoms with Crippen LogP contribution in [0.2, 0.25) is 0 Å².